The quantitative estimate of drug-likeness (QED) is 0.606. The lowest BCUT2D eigenvalue weighted by molar-refractivity contribution is -0.130. The van der Waals surface area contributed by atoms with Gasteiger partial charge in [0.25, 0.3) is 5.91 Å². The fraction of sp³-hybridized carbons (Fsp3) is 0.483. The molecule has 2 aliphatic heterocycles. The number of nitrogens with zero attached hydrogens (tertiary/aromatic N) is 1. The Bertz CT molecular complexity index is 1490. The highest BCUT2D eigenvalue weighted by Crippen LogP contribution is 2.70. The van der Waals surface area contributed by atoms with Crippen LogP contribution in [0, 0.1) is 16.7 Å². The molecule has 2 bridgehead atoms. The maximum atomic E-state index is 14.0. The number of carbonyl (C=O) groups is 1. The summed E-state index contributed by atoms with van der Waals surface area (Å²) >= 11 is 0. The molecule has 1 spiro atoms. The Hall–Kier alpha value is -2.49. The predicted molar refractivity (Wildman–Crippen MR) is 146 cm³/mol. The lowest BCUT2D eigenvalue weighted by Crippen LogP contribution is -2.50. The second-order valence-electron chi connectivity index (χ2n) is 11.9. The molecule has 1 amide bonds. The van der Waals surface area contributed by atoms with E-state index in [2.05, 4.69) is 19.2 Å². The van der Waals surface area contributed by atoms with Gasteiger partial charge < -0.3 is 0 Å². The average Bonchev–Trinajstić information content (AvgIpc) is 3.56. The Balaban J connectivity index is 1.33. The highest BCUT2D eigenvalue weighted by molar-refractivity contribution is 7.92. The summed E-state index contributed by atoms with van der Waals surface area (Å²) in [7, 11) is -7.59. The predicted octanol–water partition coefficient (Wildman–Crippen LogP) is 3.64. The van der Waals surface area contributed by atoms with Gasteiger partial charge in [-0.2, -0.15) is 0 Å². The van der Waals surface area contributed by atoms with Gasteiger partial charge in [-0.3, -0.25) is 10.1 Å². The first kappa shape index (κ1) is 25.8. The van der Waals surface area contributed by atoms with E-state index in [1.807, 2.05) is 36.4 Å². The molecule has 2 aromatic rings. The van der Waals surface area contributed by atoms with Crippen LogP contribution in [0.5, 0.6) is 0 Å². The summed E-state index contributed by atoms with van der Waals surface area (Å²) < 4.78 is 55.6. The van der Waals surface area contributed by atoms with Gasteiger partial charge >= 0.3 is 0 Å². The minimum atomic E-state index is -3.80. The first-order chi connectivity index (χ1) is 18.0. The van der Waals surface area contributed by atoms with Crippen molar-refractivity contribution in [3.63, 3.8) is 0 Å². The van der Waals surface area contributed by atoms with Gasteiger partial charge in [-0.05, 0) is 54.7 Å². The van der Waals surface area contributed by atoms with Gasteiger partial charge in [0, 0.05) is 11.5 Å². The van der Waals surface area contributed by atoms with Crippen LogP contribution in [-0.4, -0.2) is 56.2 Å². The van der Waals surface area contributed by atoms with Crippen molar-refractivity contribution in [3.8, 4) is 0 Å². The molecule has 2 heterocycles. The van der Waals surface area contributed by atoms with Gasteiger partial charge in [-0.1, -0.05) is 74.5 Å². The molecule has 4 aliphatic rings. The highest BCUT2D eigenvalue weighted by atomic mass is 32.2. The van der Waals surface area contributed by atoms with E-state index in [1.54, 1.807) is 36.4 Å². The van der Waals surface area contributed by atoms with Crippen LogP contribution in [0.25, 0.3) is 6.08 Å². The summed E-state index contributed by atoms with van der Waals surface area (Å²) in [5.41, 5.74) is 0.337. The fourth-order valence-electron chi connectivity index (χ4n) is 7.75. The molecule has 6 rings (SSSR count). The summed E-state index contributed by atoms with van der Waals surface area (Å²) in [6.07, 6.45) is 6.13. The second-order valence-corrected chi connectivity index (χ2v) is 15.9. The molecule has 2 saturated carbocycles. The molecular weight excluding hydrogens is 520 g/mol. The monoisotopic (exact) mass is 554 g/mol. The molecule has 38 heavy (non-hydrogen) atoms. The highest BCUT2D eigenvalue weighted by Gasteiger charge is 2.72. The molecule has 0 unspecified atom stereocenters. The van der Waals surface area contributed by atoms with Crippen LogP contribution in [0.1, 0.15) is 45.1 Å². The maximum absolute atomic E-state index is 14.0. The lowest BCUT2D eigenvalue weighted by atomic mass is 9.69. The fourth-order valence-corrected chi connectivity index (χ4v) is 12.2. The maximum Gasteiger partial charge on any atom is 0.253 e. The van der Waals surface area contributed by atoms with Crippen molar-refractivity contribution in [2.24, 2.45) is 16.7 Å². The molecule has 2 aromatic carbocycles. The van der Waals surface area contributed by atoms with Gasteiger partial charge in [-0.15, -0.1) is 0 Å². The summed E-state index contributed by atoms with van der Waals surface area (Å²) in [6.45, 7) is 4.30. The molecule has 2 aliphatic carbocycles. The van der Waals surface area contributed by atoms with Crippen molar-refractivity contribution < 1.29 is 21.6 Å². The molecular formula is C29H34N2O5S2. The average molecular weight is 555 g/mol. The smallest absolute Gasteiger partial charge is 0.253 e. The zero-order chi connectivity index (χ0) is 26.9. The first-order valence-corrected chi connectivity index (χ1v) is 16.5. The van der Waals surface area contributed by atoms with Gasteiger partial charge in [0.1, 0.15) is 0 Å². The van der Waals surface area contributed by atoms with Gasteiger partial charge in [0.05, 0.1) is 28.0 Å². The second kappa shape index (κ2) is 8.76. The molecule has 0 aromatic heterocycles. The zero-order valence-electron chi connectivity index (χ0n) is 21.7. The zero-order valence-corrected chi connectivity index (χ0v) is 23.3. The number of fused-ring (bicyclic) bond motifs is 1. The van der Waals surface area contributed by atoms with E-state index in [1.165, 1.54) is 0 Å². The topological polar surface area (TPSA) is 101 Å². The Labute approximate surface area is 225 Å². The number of nitrogens with one attached hydrogen (secondary N) is 1. The minimum Gasteiger partial charge on any atom is -0.298 e. The molecule has 1 N–H and O–H groups in total. The number of amides is 1. The number of sulfone groups is 1. The number of benzene rings is 2. The summed E-state index contributed by atoms with van der Waals surface area (Å²) in [5, 5.41) is 2.31. The number of hydrogen-bond acceptors (Lipinski definition) is 6. The van der Waals surface area contributed by atoms with Gasteiger partial charge in [0.15, 0.2) is 9.84 Å². The molecule has 9 heteroatoms. The molecule has 202 valence electrons. The summed E-state index contributed by atoms with van der Waals surface area (Å²) in [6, 6.07) is 15.9. The molecule has 0 radical (unpaired) electrons. The van der Waals surface area contributed by atoms with Crippen molar-refractivity contribution in [1.29, 1.82) is 0 Å². The SMILES string of the molecule is CC1(C)[C@@H]2CC[C@]13CS(=O)(=O)N(C(=O)[C@@H]1C[C@@H](S(=O)(=O)c4ccccc4)[C@H](/C=C/c4ccccc4)N1)[C@@H]3C2. The van der Waals surface area contributed by atoms with E-state index in [0.29, 0.717) is 12.3 Å². The minimum absolute atomic E-state index is 0.00426. The standard InChI is InChI=1S/C29H34N2O5S2/c1-28(2)21-15-16-29(28)19-37(33,34)31(26(29)17-21)27(32)24-18-25(38(35,36)22-11-7-4-8-12-22)23(30-24)14-13-20-9-5-3-6-10-20/h3-14,21,23-26,30H,15-19H2,1-2H3/b14-13+/t21-,23+,24+,25-,26-,29-/m1/s1. The Morgan fingerprint density at radius 3 is 2.34 bits per heavy atom. The van der Waals surface area contributed by atoms with Crippen LogP contribution in [-0.2, 0) is 24.7 Å². The van der Waals surface area contributed by atoms with Gasteiger partial charge in [0.2, 0.25) is 10.0 Å². The van der Waals surface area contributed by atoms with Crippen molar-refractivity contribution in [2.45, 2.75) is 67.8 Å². The van der Waals surface area contributed by atoms with Crippen LogP contribution in [0.15, 0.2) is 71.6 Å². The van der Waals surface area contributed by atoms with Crippen LogP contribution in [0.3, 0.4) is 0 Å². The van der Waals surface area contributed by atoms with E-state index in [4.69, 9.17) is 0 Å². The molecule has 7 nitrogen and oxygen atoms in total. The van der Waals surface area contributed by atoms with Crippen molar-refractivity contribution >= 4 is 31.8 Å². The van der Waals surface area contributed by atoms with E-state index >= 15 is 0 Å². The third-order valence-corrected chi connectivity index (χ3v) is 14.1. The van der Waals surface area contributed by atoms with Crippen molar-refractivity contribution in [2.75, 3.05) is 5.75 Å². The third-order valence-electron chi connectivity index (χ3n) is 9.95. The third kappa shape index (κ3) is 3.72. The van der Waals surface area contributed by atoms with Crippen molar-refractivity contribution in [3.05, 3.63) is 72.3 Å². The van der Waals surface area contributed by atoms with Gasteiger partial charge in [-0.25, -0.2) is 21.1 Å². The van der Waals surface area contributed by atoms with E-state index in [9.17, 15) is 21.6 Å². The Morgan fingerprint density at radius 2 is 1.68 bits per heavy atom. The van der Waals surface area contributed by atoms with E-state index in [0.717, 1.165) is 22.7 Å². The number of carbonyl (C=O) groups excluding carboxylic acids is 1. The van der Waals surface area contributed by atoms with Crippen LogP contribution < -0.4 is 5.32 Å². The van der Waals surface area contributed by atoms with E-state index < -0.39 is 48.5 Å². The molecule has 4 fully saturated rings. The normalized spacial score (nSPS) is 35.1. The molecule has 6 atom stereocenters. The number of rotatable bonds is 5. The molecule has 2 saturated heterocycles. The van der Waals surface area contributed by atoms with Crippen LogP contribution in [0.2, 0.25) is 0 Å². The first-order valence-electron chi connectivity index (χ1n) is 13.3. The summed E-state index contributed by atoms with van der Waals surface area (Å²) in [4.78, 5) is 14.2. The van der Waals surface area contributed by atoms with Crippen molar-refractivity contribution in [1.82, 2.24) is 9.62 Å². The van der Waals surface area contributed by atoms with E-state index in [-0.39, 0.29) is 28.5 Å². The van der Waals surface area contributed by atoms with Crippen LogP contribution in [0.4, 0.5) is 0 Å². The lowest BCUT2D eigenvalue weighted by Gasteiger charge is -2.37. The van der Waals surface area contributed by atoms with Crippen LogP contribution >= 0.6 is 0 Å². The number of hydrogen-bond donors (Lipinski definition) is 1. The summed E-state index contributed by atoms with van der Waals surface area (Å²) in [5.74, 6) is -0.128. The largest absolute Gasteiger partial charge is 0.298 e. The number of sulfonamides is 1. The Morgan fingerprint density at radius 1 is 1.03 bits per heavy atom. The Kier molecular flexibility index (Phi) is 5.94.